The number of ether oxygens (including phenoxy) is 2. The highest BCUT2D eigenvalue weighted by molar-refractivity contribution is 5.96. The summed E-state index contributed by atoms with van der Waals surface area (Å²) in [6.07, 6.45) is 5.45. The number of rotatable bonds is 7. The molecule has 0 bridgehead atoms. The van der Waals surface area contributed by atoms with Gasteiger partial charge in [-0.05, 0) is 31.9 Å². The zero-order valence-electron chi connectivity index (χ0n) is 16.8. The number of amides is 3. The van der Waals surface area contributed by atoms with Crippen LogP contribution in [0, 0.1) is 0 Å². The molecule has 7 heteroatoms. The molecule has 27 heavy (non-hydrogen) atoms. The van der Waals surface area contributed by atoms with Crippen LogP contribution in [0.3, 0.4) is 0 Å². The predicted octanol–water partition coefficient (Wildman–Crippen LogP) is 1.27. The first-order valence-corrected chi connectivity index (χ1v) is 9.59. The molecule has 1 unspecified atom stereocenters. The number of likely N-dealkylation sites (N-methyl/N-ethyl adjacent to an activating group) is 1. The van der Waals surface area contributed by atoms with Crippen LogP contribution in [0.15, 0.2) is 18.2 Å². The number of urea groups is 1. The number of carbonyl (C=O) groups is 2. The lowest BCUT2D eigenvalue weighted by Crippen LogP contribution is -3.12. The summed E-state index contributed by atoms with van der Waals surface area (Å²) in [5, 5.41) is 5.39. The Bertz CT molecular complexity index is 644. The third-order valence-corrected chi connectivity index (χ3v) is 5.26. The van der Waals surface area contributed by atoms with Crippen LogP contribution in [-0.4, -0.2) is 45.3 Å². The predicted molar refractivity (Wildman–Crippen MR) is 103 cm³/mol. The summed E-state index contributed by atoms with van der Waals surface area (Å²) in [7, 11) is 5.11. The second-order valence-electron chi connectivity index (χ2n) is 7.20. The molecule has 150 valence electrons. The first-order chi connectivity index (χ1) is 13.0. The Labute approximate surface area is 161 Å². The van der Waals surface area contributed by atoms with Crippen LogP contribution in [0.1, 0.15) is 44.6 Å². The van der Waals surface area contributed by atoms with E-state index >= 15 is 0 Å². The van der Waals surface area contributed by atoms with E-state index in [2.05, 4.69) is 10.6 Å². The van der Waals surface area contributed by atoms with Crippen LogP contribution in [0.2, 0.25) is 0 Å². The van der Waals surface area contributed by atoms with Gasteiger partial charge in [0.15, 0.2) is 17.5 Å². The third-order valence-electron chi connectivity index (χ3n) is 5.26. The average molecular weight is 378 g/mol. The monoisotopic (exact) mass is 378 g/mol. The lowest BCUT2D eigenvalue weighted by atomic mass is 9.96. The van der Waals surface area contributed by atoms with Crippen LogP contribution < -0.4 is 25.0 Å². The molecule has 1 aromatic carbocycles. The van der Waals surface area contributed by atoms with E-state index in [1.54, 1.807) is 14.2 Å². The number of methoxy groups -OCH3 is 2. The van der Waals surface area contributed by atoms with Crippen molar-refractivity contribution in [2.45, 2.75) is 57.7 Å². The molecule has 0 aromatic heterocycles. The quantitative estimate of drug-likeness (QED) is 0.667. The molecule has 1 saturated carbocycles. The van der Waals surface area contributed by atoms with Gasteiger partial charge in [-0.2, -0.15) is 0 Å². The van der Waals surface area contributed by atoms with E-state index in [9.17, 15) is 9.59 Å². The fourth-order valence-electron chi connectivity index (χ4n) is 3.46. The summed E-state index contributed by atoms with van der Waals surface area (Å²) < 4.78 is 10.8. The van der Waals surface area contributed by atoms with Crippen molar-refractivity contribution in [2.24, 2.45) is 0 Å². The van der Waals surface area contributed by atoms with Crippen molar-refractivity contribution in [1.82, 2.24) is 10.6 Å². The number of para-hydroxylation sites is 1. The molecule has 2 rings (SSSR count). The molecule has 0 spiro atoms. The molecule has 1 aliphatic rings. The molecule has 3 amide bonds. The SMILES string of the molecule is COc1cccc(C[NH+](C)[C@@H](C)C(=O)NC(=O)NC2CCCCC2)c1OC. The smallest absolute Gasteiger partial charge is 0.321 e. The highest BCUT2D eigenvalue weighted by Gasteiger charge is 2.26. The summed E-state index contributed by atoms with van der Waals surface area (Å²) >= 11 is 0. The zero-order valence-corrected chi connectivity index (χ0v) is 16.8. The number of carbonyl (C=O) groups excluding carboxylic acids is 2. The van der Waals surface area contributed by atoms with Crippen molar-refractivity contribution in [3.8, 4) is 11.5 Å². The summed E-state index contributed by atoms with van der Waals surface area (Å²) in [6.45, 7) is 2.38. The van der Waals surface area contributed by atoms with Crippen molar-refractivity contribution in [3.63, 3.8) is 0 Å². The molecule has 0 saturated heterocycles. The Kier molecular flexibility index (Phi) is 7.91. The van der Waals surface area contributed by atoms with E-state index in [0.29, 0.717) is 18.0 Å². The normalized spacial score (nSPS) is 16.9. The van der Waals surface area contributed by atoms with Gasteiger partial charge >= 0.3 is 6.03 Å². The number of nitrogens with one attached hydrogen (secondary N) is 3. The largest absolute Gasteiger partial charge is 0.493 e. The lowest BCUT2D eigenvalue weighted by Gasteiger charge is -2.24. The van der Waals surface area contributed by atoms with E-state index < -0.39 is 12.1 Å². The first kappa shape index (κ1) is 21.0. The van der Waals surface area contributed by atoms with Crippen molar-refractivity contribution in [2.75, 3.05) is 21.3 Å². The molecule has 7 nitrogen and oxygen atoms in total. The second-order valence-corrected chi connectivity index (χ2v) is 7.20. The molecular formula is C20H32N3O4+. The summed E-state index contributed by atoms with van der Waals surface area (Å²) in [5.74, 6) is 1.04. The Hall–Kier alpha value is -2.28. The molecule has 1 fully saturated rings. The summed E-state index contributed by atoms with van der Waals surface area (Å²) in [5.41, 5.74) is 0.945. The van der Waals surface area contributed by atoms with Gasteiger partial charge in [0.1, 0.15) is 6.54 Å². The standard InChI is InChI=1S/C20H31N3O4/c1-14(19(24)22-20(25)21-16-10-6-5-7-11-16)23(2)13-15-9-8-12-17(26-3)18(15)27-4/h8-9,12,14,16H,5-7,10-11,13H2,1-4H3,(H2,21,22,24,25)/p+1/t14-/m0/s1. The maximum Gasteiger partial charge on any atom is 0.321 e. The van der Waals surface area contributed by atoms with Gasteiger partial charge in [-0.3, -0.25) is 10.1 Å². The molecule has 0 heterocycles. The number of hydrogen-bond acceptors (Lipinski definition) is 4. The molecule has 2 atom stereocenters. The fraction of sp³-hybridized carbons (Fsp3) is 0.600. The zero-order chi connectivity index (χ0) is 19.8. The molecular weight excluding hydrogens is 346 g/mol. The third kappa shape index (κ3) is 5.85. The van der Waals surface area contributed by atoms with E-state index in [1.807, 2.05) is 32.2 Å². The van der Waals surface area contributed by atoms with Crippen LogP contribution in [0.5, 0.6) is 11.5 Å². The Morgan fingerprint density at radius 2 is 1.89 bits per heavy atom. The van der Waals surface area contributed by atoms with E-state index in [4.69, 9.17) is 9.47 Å². The number of quaternary nitrogens is 1. The van der Waals surface area contributed by atoms with Gasteiger partial charge in [0.2, 0.25) is 0 Å². The number of hydrogen-bond donors (Lipinski definition) is 3. The maximum absolute atomic E-state index is 12.5. The van der Waals surface area contributed by atoms with Gasteiger partial charge in [0.25, 0.3) is 5.91 Å². The van der Waals surface area contributed by atoms with Gasteiger partial charge < -0.3 is 19.7 Å². The second kappa shape index (κ2) is 10.2. The van der Waals surface area contributed by atoms with Crippen molar-refractivity contribution >= 4 is 11.9 Å². The van der Waals surface area contributed by atoms with E-state index in [1.165, 1.54) is 6.42 Å². The van der Waals surface area contributed by atoms with E-state index in [-0.39, 0.29) is 11.9 Å². The Morgan fingerprint density at radius 1 is 1.19 bits per heavy atom. The van der Waals surface area contributed by atoms with Gasteiger partial charge in [0, 0.05) is 6.04 Å². The minimum Gasteiger partial charge on any atom is -0.493 e. The van der Waals surface area contributed by atoms with Gasteiger partial charge in [0.05, 0.1) is 26.8 Å². The molecule has 0 aliphatic heterocycles. The Morgan fingerprint density at radius 3 is 2.52 bits per heavy atom. The van der Waals surface area contributed by atoms with Gasteiger partial charge in [-0.15, -0.1) is 0 Å². The molecule has 1 aliphatic carbocycles. The maximum atomic E-state index is 12.5. The lowest BCUT2D eigenvalue weighted by molar-refractivity contribution is -0.908. The first-order valence-electron chi connectivity index (χ1n) is 9.59. The number of benzene rings is 1. The topological polar surface area (TPSA) is 81.1 Å². The number of imide groups is 1. The summed E-state index contributed by atoms with van der Waals surface area (Å²) in [4.78, 5) is 25.5. The van der Waals surface area contributed by atoms with Crippen LogP contribution in [-0.2, 0) is 11.3 Å². The van der Waals surface area contributed by atoms with Crippen LogP contribution in [0.25, 0.3) is 0 Å². The van der Waals surface area contributed by atoms with Crippen molar-refractivity contribution in [1.29, 1.82) is 0 Å². The fourth-order valence-corrected chi connectivity index (χ4v) is 3.46. The van der Waals surface area contributed by atoms with Crippen molar-refractivity contribution < 1.29 is 24.0 Å². The highest BCUT2D eigenvalue weighted by Crippen LogP contribution is 2.30. The van der Waals surface area contributed by atoms with Crippen LogP contribution >= 0.6 is 0 Å². The minimum absolute atomic E-state index is 0.174. The highest BCUT2D eigenvalue weighted by atomic mass is 16.5. The average Bonchev–Trinajstić information content (AvgIpc) is 2.67. The summed E-state index contributed by atoms with van der Waals surface area (Å²) in [6, 6.07) is 5.07. The molecule has 0 radical (unpaired) electrons. The van der Waals surface area contributed by atoms with Gasteiger partial charge in [-0.25, -0.2) is 4.79 Å². The Balaban J connectivity index is 1.91. The molecule has 3 N–H and O–H groups in total. The van der Waals surface area contributed by atoms with Gasteiger partial charge in [-0.1, -0.05) is 25.3 Å². The molecule has 1 aromatic rings. The minimum atomic E-state index is -0.398. The van der Waals surface area contributed by atoms with Crippen molar-refractivity contribution in [3.05, 3.63) is 23.8 Å². The van der Waals surface area contributed by atoms with Crippen LogP contribution in [0.4, 0.5) is 4.79 Å². The van der Waals surface area contributed by atoms with E-state index in [0.717, 1.165) is 36.1 Å².